The summed E-state index contributed by atoms with van der Waals surface area (Å²) >= 11 is 0. The van der Waals surface area contributed by atoms with Gasteiger partial charge in [-0.3, -0.25) is 0 Å². The molecule has 1 unspecified atom stereocenters. The van der Waals surface area contributed by atoms with E-state index in [-0.39, 0.29) is 0 Å². The van der Waals surface area contributed by atoms with Crippen LogP contribution in [-0.2, 0) is 6.42 Å². The van der Waals surface area contributed by atoms with E-state index in [0.29, 0.717) is 6.04 Å². The molecule has 0 saturated carbocycles. The molecule has 1 atom stereocenters. The van der Waals surface area contributed by atoms with Gasteiger partial charge in [-0.15, -0.1) is 0 Å². The zero-order chi connectivity index (χ0) is 10.5. The fourth-order valence-corrected chi connectivity index (χ4v) is 2.38. The van der Waals surface area contributed by atoms with Gasteiger partial charge in [0, 0.05) is 6.04 Å². The molecule has 1 aliphatic heterocycles. The molecule has 0 bridgehead atoms. The normalized spacial score (nSPS) is 22.3. The van der Waals surface area contributed by atoms with Crippen molar-refractivity contribution >= 4 is 0 Å². The first kappa shape index (κ1) is 10.7. The first-order valence-electron chi connectivity index (χ1n) is 6.14. The fraction of sp³-hybridized carbons (Fsp3) is 0.571. The fourth-order valence-electron chi connectivity index (χ4n) is 2.38. The van der Waals surface area contributed by atoms with Crippen LogP contribution in [0.1, 0.15) is 36.8 Å². The predicted octanol–water partition coefficient (Wildman–Crippen LogP) is 3.07. The Hall–Kier alpha value is -0.820. The van der Waals surface area contributed by atoms with Crippen molar-refractivity contribution in [2.24, 2.45) is 0 Å². The topological polar surface area (TPSA) is 12.0 Å². The molecule has 1 fully saturated rings. The summed E-state index contributed by atoms with van der Waals surface area (Å²) in [7, 11) is 0. The van der Waals surface area contributed by atoms with Gasteiger partial charge in [-0.2, -0.15) is 0 Å². The molecule has 1 nitrogen and oxygen atoms in total. The maximum atomic E-state index is 3.66. The highest BCUT2D eigenvalue weighted by Gasteiger charge is 2.12. The Bertz CT molecular complexity index is 298. The standard InChI is InChI=1S/C14H21N/c1-12-7-4-5-8-13(12)11-14-9-3-2-6-10-15-14/h4-5,7-8,14-15H,2-3,6,9-11H2,1H3. The van der Waals surface area contributed by atoms with E-state index in [9.17, 15) is 0 Å². The molecule has 0 amide bonds. The summed E-state index contributed by atoms with van der Waals surface area (Å²) in [6, 6.07) is 9.46. The van der Waals surface area contributed by atoms with E-state index in [1.807, 2.05) is 0 Å². The lowest BCUT2D eigenvalue weighted by Crippen LogP contribution is -2.30. The Balaban J connectivity index is 1.98. The van der Waals surface area contributed by atoms with Crippen LogP contribution in [0.25, 0.3) is 0 Å². The highest BCUT2D eigenvalue weighted by molar-refractivity contribution is 5.26. The first-order valence-corrected chi connectivity index (χ1v) is 6.14. The van der Waals surface area contributed by atoms with Gasteiger partial charge in [0.15, 0.2) is 0 Å². The largest absolute Gasteiger partial charge is 0.314 e. The Kier molecular flexibility index (Phi) is 3.79. The molecule has 1 heteroatoms. The minimum Gasteiger partial charge on any atom is -0.314 e. The van der Waals surface area contributed by atoms with Crippen LogP contribution in [-0.4, -0.2) is 12.6 Å². The first-order chi connectivity index (χ1) is 7.36. The molecule has 15 heavy (non-hydrogen) atoms. The van der Waals surface area contributed by atoms with Crippen LogP contribution in [0.5, 0.6) is 0 Å². The summed E-state index contributed by atoms with van der Waals surface area (Å²) in [5.74, 6) is 0. The molecule has 1 aliphatic rings. The van der Waals surface area contributed by atoms with Crippen molar-refractivity contribution in [3.63, 3.8) is 0 Å². The van der Waals surface area contributed by atoms with Crippen LogP contribution < -0.4 is 5.32 Å². The van der Waals surface area contributed by atoms with Gasteiger partial charge >= 0.3 is 0 Å². The molecule has 0 aliphatic carbocycles. The summed E-state index contributed by atoms with van der Waals surface area (Å²) in [5, 5.41) is 3.66. The van der Waals surface area contributed by atoms with Gasteiger partial charge in [-0.25, -0.2) is 0 Å². The summed E-state index contributed by atoms with van der Waals surface area (Å²) in [5.41, 5.74) is 2.94. The molecule has 82 valence electrons. The number of rotatable bonds is 2. The lowest BCUT2D eigenvalue weighted by atomic mass is 9.98. The Morgan fingerprint density at radius 2 is 2.07 bits per heavy atom. The molecule has 0 radical (unpaired) electrons. The van der Waals surface area contributed by atoms with E-state index in [0.717, 1.165) is 0 Å². The summed E-state index contributed by atoms with van der Waals surface area (Å²) in [4.78, 5) is 0. The van der Waals surface area contributed by atoms with Gasteiger partial charge in [0.05, 0.1) is 0 Å². The molecule has 0 aromatic heterocycles. The van der Waals surface area contributed by atoms with E-state index in [2.05, 4.69) is 36.5 Å². The second-order valence-corrected chi connectivity index (χ2v) is 4.63. The van der Waals surface area contributed by atoms with Crippen LogP contribution in [0.15, 0.2) is 24.3 Å². The van der Waals surface area contributed by atoms with Crippen molar-refractivity contribution in [1.29, 1.82) is 0 Å². The minimum atomic E-state index is 0.702. The van der Waals surface area contributed by atoms with Gasteiger partial charge in [-0.05, 0) is 43.9 Å². The predicted molar refractivity (Wildman–Crippen MR) is 65.1 cm³/mol. The van der Waals surface area contributed by atoms with Gasteiger partial charge < -0.3 is 5.32 Å². The third-order valence-corrected chi connectivity index (χ3v) is 3.39. The van der Waals surface area contributed by atoms with Crippen molar-refractivity contribution in [2.75, 3.05) is 6.54 Å². The van der Waals surface area contributed by atoms with Gasteiger partial charge in [0.1, 0.15) is 0 Å². The lowest BCUT2D eigenvalue weighted by molar-refractivity contribution is 0.507. The average molecular weight is 203 g/mol. The molecular formula is C14H21N. The highest BCUT2D eigenvalue weighted by Crippen LogP contribution is 2.15. The Morgan fingerprint density at radius 3 is 2.93 bits per heavy atom. The summed E-state index contributed by atoms with van der Waals surface area (Å²) in [6.07, 6.45) is 6.69. The second-order valence-electron chi connectivity index (χ2n) is 4.63. The van der Waals surface area contributed by atoms with Crippen molar-refractivity contribution in [3.05, 3.63) is 35.4 Å². The summed E-state index contributed by atoms with van der Waals surface area (Å²) < 4.78 is 0. The molecule has 1 aromatic carbocycles. The van der Waals surface area contributed by atoms with Crippen LogP contribution >= 0.6 is 0 Å². The van der Waals surface area contributed by atoms with Gasteiger partial charge in [0.25, 0.3) is 0 Å². The van der Waals surface area contributed by atoms with Crippen LogP contribution in [0.3, 0.4) is 0 Å². The highest BCUT2D eigenvalue weighted by atomic mass is 14.9. The zero-order valence-corrected chi connectivity index (χ0v) is 9.63. The van der Waals surface area contributed by atoms with E-state index < -0.39 is 0 Å². The van der Waals surface area contributed by atoms with Crippen LogP contribution in [0, 0.1) is 6.92 Å². The quantitative estimate of drug-likeness (QED) is 0.779. The van der Waals surface area contributed by atoms with Gasteiger partial charge in [0.2, 0.25) is 0 Å². The monoisotopic (exact) mass is 203 g/mol. The van der Waals surface area contributed by atoms with Gasteiger partial charge in [-0.1, -0.05) is 37.1 Å². The number of benzene rings is 1. The third kappa shape index (κ3) is 3.07. The maximum Gasteiger partial charge on any atom is 0.0108 e. The molecule has 1 heterocycles. The molecule has 0 spiro atoms. The van der Waals surface area contributed by atoms with E-state index in [4.69, 9.17) is 0 Å². The smallest absolute Gasteiger partial charge is 0.0108 e. The number of hydrogen-bond donors (Lipinski definition) is 1. The van der Waals surface area contributed by atoms with E-state index in [1.54, 1.807) is 0 Å². The van der Waals surface area contributed by atoms with Crippen LogP contribution in [0.4, 0.5) is 0 Å². The van der Waals surface area contributed by atoms with E-state index >= 15 is 0 Å². The van der Waals surface area contributed by atoms with Crippen molar-refractivity contribution < 1.29 is 0 Å². The molecule has 1 aromatic rings. The van der Waals surface area contributed by atoms with Crippen molar-refractivity contribution in [3.8, 4) is 0 Å². The Morgan fingerprint density at radius 1 is 1.20 bits per heavy atom. The zero-order valence-electron chi connectivity index (χ0n) is 9.63. The lowest BCUT2D eigenvalue weighted by Gasteiger charge is -2.16. The molecular weight excluding hydrogens is 182 g/mol. The second kappa shape index (κ2) is 5.32. The van der Waals surface area contributed by atoms with Crippen LogP contribution in [0.2, 0.25) is 0 Å². The number of hydrogen-bond acceptors (Lipinski definition) is 1. The summed E-state index contributed by atoms with van der Waals surface area (Å²) in [6.45, 7) is 3.42. The van der Waals surface area contributed by atoms with Crippen molar-refractivity contribution in [2.45, 2.75) is 45.1 Å². The van der Waals surface area contributed by atoms with Crippen molar-refractivity contribution in [1.82, 2.24) is 5.32 Å². The average Bonchev–Trinajstić information content (AvgIpc) is 2.50. The third-order valence-electron chi connectivity index (χ3n) is 3.39. The molecule has 1 saturated heterocycles. The maximum absolute atomic E-state index is 3.66. The number of aryl methyl sites for hydroxylation is 1. The Labute approximate surface area is 92.9 Å². The van der Waals surface area contributed by atoms with E-state index in [1.165, 1.54) is 49.8 Å². The SMILES string of the molecule is Cc1ccccc1CC1CCCCCN1. The molecule has 2 rings (SSSR count). The minimum absolute atomic E-state index is 0.702. The molecule has 1 N–H and O–H groups in total. The number of nitrogens with one attached hydrogen (secondary N) is 1.